The molecule has 1 aliphatic rings. The molecule has 3 nitrogen and oxygen atoms in total. The summed E-state index contributed by atoms with van der Waals surface area (Å²) < 4.78 is 0. The van der Waals surface area contributed by atoms with Crippen molar-refractivity contribution in [1.82, 2.24) is 9.80 Å². The number of piperidine rings is 1. The van der Waals surface area contributed by atoms with Crippen LogP contribution in [0.15, 0.2) is 36.4 Å². The fourth-order valence-corrected chi connectivity index (χ4v) is 4.78. The van der Waals surface area contributed by atoms with Gasteiger partial charge in [0, 0.05) is 24.7 Å². The molecule has 3 rings (SSSR count). The molecule has 29 heavy (non-hydrogen) atoms. The second-order valence-corrected chi connectivity index (χ2v) is 9.55. The zero-order chi connectivity index (χ0) is 21.2. The maximum atomic E-state index is 11.3. The van der Waals surface area contributed by atoms with E-state index in [0.717, 1.165) is 31.6 Å². The summed E-state index contributed by atoms with van der Waals surface area (Å²) in [6.07, 6.45) is 2.14. The first-order valence-corrected chi connectivity index (χ1v) is 11.2. The Balaban J connectivity index is 1.80. The van der Waals surface area contributed by atoms with Gasteiger partial charge >= 0.3 is 0 Å². The average Bonchev–Trinajstić information content (AvgIpc) is 2.68. The zero-order valence-corrected chi connectivity index (χ0v) is 19.7. The van der Waals surface area contributed by atoms with Crippen molar-refractivity contribution in [3.05, 3.63) is 67.6 Å². The summed E-state index contributed by atoms with van der Waals surface area (Å²) >= 11 is 25.0. The van der Waals surface area contributed by atoms with Gasteiger partial charge in [0.1, 0.15) is 0 Å². The first kappa shape index (κ1) is 23.1. The van der Waals surface area contributed by atoms with Crippen LogP contribution in [0, 0.1) is 0 Å². The molecule has 1 fully saturated rings. The Morgan fingerprint density at radius 3 is 2.31 bits per heavy atom. The van der Waals surface area contributed by atoms with Crippen molar-refractivity contribution < 1.29 is 5.11 Å². The molecule has 2 aromatic carbocycles. The fraction of sp³-hybridized carbons (Fsp3) is 0.455. The number of likely N-dealkylation sites (tertiary alicyclic amines) is 1. The third-order valence-corrected chi connectivity index (χ3v) is 7.26. The summed E-state index contributed by atoms with van der Waals surface area (Å²) in [5.41, 5.74) is 0.889. The van der Waals surface area contributed by atoms with E-state index in [1.807, 2.05) is 30.3 Å². The highest BCUT2D eigenvalue weighted by Crippen LogP contribution is 2.41. The standard InChI is InChI=1S/C22H26Cl4N2O/c1-27(2)11-8-20(15-6-7-17(23)19(25)14-15)28-12-9-22(29,10-13-28)16-4-3-5-18(24)21(16)26/h3-7,14,20,29H,8-13H2,1-2H3. The van der Waals surface area contributed by atoms with Crippen LogP contribution in [0.2, 0.25) is 20.1 Å². The van der Waals surface area contributed by atoms with Crippen LogP contribution >= 0.6 is 46.4 Å². The van der Waals surface area contributed by atoms with Crippen LogP contribution < -0.4 is 0 Å². The van der Waals surface area contributed by atoms with Crippen molar-refractivity contribution in [2.45, 2.75) is 30.9 Å². The summed E-state index contributed by atoms with van der Waals surface area (Å²) in [5.74, 6) is 0. The summed E-state index contributed by atoms with van der Waals surface area (Å²) in [4.78, 5) is 4.59. The lowest BCUT2D eigenvalue weighted by Crippen LogP contribution is -2.44. The SMILES string of the molecule is CN(C)CCC(c1ccc(Cl)c(Cl)c1)N1CCC(O)(c2cccc(Cl)c2Cl)CC1. The Morgan fingerprint density at radius 1 is 1.00 bits per heavy atom. The molecule has 0 bridgehead atoms. The number of halogens is 4. The van der Waals surface area contributed by atoms with Crippen LogP contribution in [0.4, 0.5) is 0 Å². The van der Waals surface area contributed by atoms with E-state index in [4.69, 9.17) is 46.4 Å². The second kappa shape index (κ2) is 9.74. The molecule has 158 valence electrons. The average molecular weight is 476 g/mol. The molecule has 1 N–H and O–H groups in total. The van der Waals surface area contributed by atoms with Gasteiger partial charge in [0.15, 0.2) is 0 Å². The Bertz CT molecular complexity index is 851. The summed E-state index contributed by atoms with van der Waals surface area (Å²) in [6.45, 7) is 2.45. The minimum Gasteiger partial charge on any atom is -0.385 e. The van der Waals surface area contributed by atoms with Crippen LogP contribution in [-0.2, 0) is 5.60 Å². The molecule has 1 saturated heterocycles. The highest BCUT2D eigenvalue weighted by Gasteiger charge is 2.38. The predicted octanol–water partition coefficient (Wildman–Crippen LogP) is 6.28. The summed E-state index contributed by atoms with van der Waals surface area (Å²) in [7, 11) is 4.14. The lowest BCUT2D eigenvalue weighted by atomic mass is 9.83. The zero-order valence-electron chi connectivity index (χ0n) is 16.6. The first-order valence-electron chi connectivity index (χ1n) is 9.72. The van der Waals surface area contributed by atoms with E-state index >= 15 is 0 Å². The van der Waals surface area contributed by atoms with Crippen LogP contribution in [0.1, 0.15) is 36.4 Å². The number of nitrogens with zero attached hydrogens (tertiary/aromatic N) is 2. The number of aliphatic hydroxyl groups is 1. The predicted molar refractivity (Wildman–Crippen MR) is 124 cm³/mol. The van der Waals surface area contributed by atoms with Gasteiger partial charge < -0.3 is 10.0 Å². The molecular weight excluding hydrogens is 450 g/mol. The highest BCUT2D eigenvalue weighted by molar-refractivity contribution is 6.42. The number of benzene rings is 2. The van der Waals surface area contributed by atoms with Crippen molar-refractivity contribution >= 4 is 46.4 Å². The van der Waals surface area contributed by atoms with Crippen molar-refractivity contribution in [3.63, 3.8) is 0 Å². The minimum atomic E-state index is -0.970. The van der Waals surface area contributed by atoms with Gasteiger partial charge in [0.25, 0.3) is 0 Å². The van der Waals surface area contributed by atoms with Crippen LogP contribution in [-0.4, -0.2) is 48.6 Å². The smallest absolute Gasteiger partial charge is 0.0935 e. The molecular formula is C22H26Cl4N2O. The van der Waals surface area contributed by atoms with Gasteiger partial charge in [-0.05, 0) is 63.7 Å². The quantitative estimate of drug-likeness (QED) is 0.532. The number of hydrogen-bond acceptors (Lipinski definition) is 3. The van der Waals surface area contributed by atoms with Gasteiger partial charge in [-0.1, -0.05) is 64.6 Å². The van der Waals surface area contributed by atoms with Crippen LogP contribution in [0.5, 0.6) is 0 Å². The molecule has 1 aliphatic heterocycles. The molecule has 1 unspecified atom stereocenters. The van der Waals surface area contributed by atoms with E-state index in [1.165, 1.54) is 0 Å². The van der Waals surface area contributed by atoms with E-state index in [0.29, 0.717) is 38.5 Å². The Hall–Kier alpha value is -0.520. The van der Waals surface area contributed by atoms with Crippen molar-refractivity contribution in [1.29, 1.82) is 0 Å². The lowest BCUT2D eigenvalue weighted by molar-refractivity contribution is -0.0374. The topological polar surface area (TPSA) is 26.7 Å². The molecule has 1 atom stereocenters. The van der Waals surface area contributed by atoms with Gasteiger partial charge in [0.05, 0.1) is 25.7 Å². The van der Waals surface area contributed by atoms with E-state index in [9.17, 15) is 5.11 Å². The molecule has 0 saturated carbocycles. The molecule has 0 aromatic heterocycles. The molecule has 0 spiro atoms. The van der Waals surface area contributed by atoms with Crippen LogP contribution in [0.3, 0.4) is 0 Å². The van der Waals surface area contributed by atoms with Crippen molar-refractivity contribution in [2.24, 2.45) is 0 Å². The molecule has 0 amide bonds. The Labute approximate surface area is 193 Å². The summed E-state index contributed by atoms with van der Waals surface area (Å²) in [6, 6.07) is 11.5. The monoisotopic (exact) mass is 474 g/mol. The number of hydrogen-bond donors (Lipinski definition) is 1. The Morgan fingerprint density at radius 2 is 1.69 bits per heavy atom. The van der Waals surface area contributed by atoms with E-state index < -0.39 is 5.60 Å². The third kappa shape index (κ3) is 5.40. The molecule has 2 aromatic rings. The van der Waals surface area contributed by atoms with Gasteiger partial charge in [0.2, 0.25) is 0 Å². The summed E-state index contributed by atoms with van der Waals surface area (Å²) in [5, 5.41) is 13.3. The number of rotatable bonds is 6. The van der Waals surface area contributed by atoms with E-state index in [2.05, 4.69) is 23.9 Å². The van der Waals surface area contributed by atoms with Crippen molar-refractivity contribution in [2.75, 3.05) is 33.7 Å². The van der Waals surface area contributed by atoms with Gasteiger partial charge in [-0.3, -0.25) is 4.90 Å². The molecule has 7 heteroatoms. The van der Waals surface area contributed by atoms with Gasteiger partial charge in [-0.25, -0.2) is 0 Å². The third-order valence-electron chi connectivity index (χ3n) is 5.70. The fourth-order valence-electron chi connectivity index (χ4n) is 4.00. The van der Waals surface area contributed by atoms with Crippen LogP contribution in [0.25, 0.3) is 0 Å². The Kier molecular flexibility index (Phi) is 7.77. The lowest BCUT2D eigenvalue weighted by Gasteiger charge is -2.42. The first-order chi connectivity index (χ1) is 13.7. The van der Waals surface area contributed by atoms with Crippen molar-refractivity contribution in [3.8, 4) is 0 Å². The maximum Gasteiger partial charge on any atom is 0.0935 e. The molecule has 1 heterocycles. The maximum absolute atomic E-state index is 11.3. The van der Waals surface area contributed by atoms with Gasteiger partial charge in [-0.2, -0.15) is 0 Å². The van der Waals surface area contributed by atoms with E-state index in [1.54, 1.807) is 6.07 Å². The normalized spacial score (nSPS) is 18.2. The van der Waals surface area contributed by atoms with Gasteiger partial charge in [-0.15, -0.1) is 0 Å². The second-order valence-electron chi connectivity index (χ2n) is 7.95. The largest absolute Gasteiger partial charge is 0.385 e. The minimum absolute atomic E-state index is 0.201. The van der Waals surface area contributed by atoms with E-state index in [-0.39, 0.29) is 6.04 Å². The molecule has 0 radical (unpaired) electrons. The molecule has 0 aliphatic carbocycles. The highest BCUT2D eigenvalue weighted by atomic mass is 35.5.